The van der Waals surface area contributed by atoms with Gasteiger partial charge < -0.3 is 14.2 Å². The molecule has 0 aliphatic heterocycles. The van der Waals surface area contributed by atoms with Crippen molar-refractivity contribution in [2.45, 2.75) is 110 Å². The van der Waals surface area contributed by atoms with Crippen molar-refractivity contribution in [1.82, 2.24) is 29.3 Å². The first-order chi connectivity index (χ1) is 23.4. The lowest BCUT2D eigenvalue weighted by Crippen LogP contribution is -2.38. The summed E-state index contributed by atoms with van der Waals surface area (Å²) in [5.41, 5.74) is 5.30. The van der Waals surface area contributed by atoms with Gasteiger partial charge >= 0.3 is 0 Å². The summed E-state index contributed by atoms with van der Waals surface area (Å²) in [4.78, 5) is 14.5. The fraction of sp³-hybridized carbons (Fsp3) is 0.526. The first-order valence-electron chi connectivity index (χ1n) is 18.0. The third kappa shape index (κ3) is 9.58. The molecule has 0 aliphatic carbocycles. The molecule has 5 rings (SSSR count). The molecular formula is C38H58N6O3Si3. The fourth-order valence-corrected chi connectivity index (χ4v) is 8.26. The molecular weight excluding hydrogens is 673 g/mol. The number of fused-ring (bicyclic) bond motifs is 2. The van der Waals surface area contributed by atoms with Crippen LogP contribution in [0.5, 0.6) is 5.75 Å². The average molecular weight is 731 g/mol. The minimum Gasteiger partial charge on any atom is -0.494 e. The van der Waals surface area contributed by atoms with Crippen LogP contribution in [-0.4, -0.2) is 73.3 Å². The molecule has 0 bridgehead atoms. The van der Waals surface area contributed by atoms with Gasteiger partial charge in [-0.3, -0.25) is 9.55 Å². The maximum Gasteiger partial charge on any atom is 0.164 e. The van der Waals surface area contributed by atoms with Gasteiger partial charge in [-0.25, -0.2) is 14.6 Å². The zero-order valence-electron chi connectivity index (χ0n) is 32.3. The Morgan fingerprint density at radius 1 is 0.760 bits per heavy atom. The Balaban J connectivity index is 1.55. The molecule has 0 saturated heterocycles. The van der Waals surface area contributed by atoms with Crippen LogP contribution in [0.15, 0.2) is 55.0 Å². The van der Waals surface area contributed by atoms with E-state index in [2.05, 4.69) is 107 Å². The molecule has 0 amide bonds. The summed E-state index contributed by atoms with van der Waals surface area (Å²) in [5, 5.41) is 6.37. The molecule has 0 fully saturated rings. The monoisotopic (exact) mass is 730 g/mol. The molecule has 0 N–H and O–H groups in total. The number of hydrogen-bond donors (Lipinski definition) is 0. The van der Waals surface area contributed by atoms with Crippen molar-refractivity contribution < 1.29 is 14.2 Å². The second kappa shape index (κ2) is 15.2. The van der Waals surface area contributed by atoms with Gasteiger partial charge in [-0.05, 0) is 47.4 Å². The Morgan fingerprint density at radius 3 is 2.10 bits per heavy atom. The lowest BCUT2D eigenvalue weighted by molar-refractivity contribution is 0.0812. The summed E-state index contributed by atoms with van der Waals surface area (Å²) in [6.45, 7) is 29.0. The van der Waals surface area contributed by atoms with E-state index in [4.69, 9.17) is 29.3 Å². The molecule has 270 valence electrons. The van der Waals surface area contributed by atoms with Crippen LogP contribution in [0.3, 0.4) is 0 Å². The van der Waals surface area contributed by atoms with Crippen LogP contribution in [0.1, 0.15) is 20.8 Å². The van der Waals surface area contributed by atoms with Crippen molar-refractivity contribution in [2.75, 3.05) is 19.8 Å². The third-order valence-electron chi connectivity index (χ3n) is 9.97. The Bertz CT molecular complexity index is 1890. The minimum atomic E-state index is -1.46. The van der Waals surface area contributed by atoms with Gasteiger partial charge in [0.2, 0.25) is 0 Å². The number of nitrogens with zero attached hydrogens (tertiary/aromatic N) is 6. The van der Waals surface area contributed by atoms with Crippen molar-refractivity contribution in [2.24, 2.45) is 0 Å². The number of imidazole rings is 1. The zero-order valence-corrected chi connectivity index (χ0v) is 35.3. The summed E-state index contributed by atoms with van der Waals surface area (Å²) in [6, 6.07) is 15.6. The molecule has 1 aromatic carbocycles. The van der Waals surface area contributed by atoms with Crippen LogP contribution in [0.4, 0.5) is 0 Å². The molecule has 0 atom stereocenters. The Labute approximate surface area is 301 Å². The van der Waals surface area contributed by atoms with Gasteiger partial charge in [-0.2, -0.15) is 5.10 Å². The van der Waals surface area contributed by atoms with Crippen molar-refractivity contribution in [3.05, 3.63) is 55.0 Å². The van der Waals surface area contributed by atoms with E-state index in [1.165, 1.54) is 0 Å². The van der Waals surface area contributed by atoms with Crippen molar-refractivity contribution >= 4 is 46.3 Å². The van der Waals surface area contributed by atoms with E-state index in [9.17, 15) is 0 Å². The van der Waals surface area contributed by atoms with Crippen molar-refractivity contribution in [1.29, 1.82) is 0 Å². The highest BCUT2D eigenvalue weighted by Gasteiger charge is 2.34. The highest BCUT2D eigenvalue weighted by atomic mass is 28.3. The van der Waals surface area contributed by atoms with Crippen molar-refractivity contribution in [3.8, 4) is 28.4 Å². The summed E-state index contributed by atoms with van der Waals surface area (Å²) in [7, 11) is -3.95. The molecule has 50 heavy (non-hydrogen) atoms. The van der Waals surface area contributed by atoms with Crippen LogP contribution >= 0.6 is 0 Å². The van der Waals surface area contributed by atoms with Crippen LogP contribution in [0, 0.1) is 0 Å². The first-order valence-corrected chi connectivity index (χ1v) is 28.6. The van der Waals surface area contributed by atoms with E-state index in [0.717, 1.165) is 68.6 Å². The molecule has 0 spiro atoms. The van der Waals surface area contributed by atoms with E-state index in [1.807, 2.05) is 29.2 Å². The standard InChI is InChI=1S/C38H58N6O3Si3/c1-38(2,3)50(10,11)22-19-47-31-14-15-34-33(24-31)41-37(43(34)27-45-17-20-48(4,5)6)35-32-23-30(29-13-12-16-39-25-29)26-40-36(32)44(42-35)28-46-18-21-49(7,8)9/h12-16,23-26H,17-22,27-28H2,1-11H3. The molecule has 5 aromatic rings. The van der Waals surface area contributed by atoms with Crippen molar-refractivity contribution in [3.63, 3.8) is 0 Å². The van der Waals surface area contributed by atoms with Crippen LogP contribution in [-0.2, 0) is 22.9 Å². The van der Waals surface area contributed by atoms with Gasteiger partial charge in [0, 0.05) is 65.1 Å². The second-order valence-electron chi connectivity index (χ2n) is 17.6. The number of hydrogen-bond acceptors (Lipinski definition) is 7. The van der Waals surface area contributed by atoms with Crippen LogP contribution < -0.4 is 4.74 Å². The molecule has 0 saturated carbocycles. The summed E-state index contributed by atoms with van der Waals surface area (Å²) in [5.74, 6) is 1.57. The SMILES string of the molecule is CC(C)(C)[Si](C)(C)CCOc1ccc2c(c1)nc(-c1nn(COCC[Si](C)(C)C)c3ncc(-c4cccnc4)cc13)n2COCC[Si](C)(C)C. The Morgan fingerprint density at radius 2 is 1.46 bits per heavy atom. The number of aromatic nitrogens is 6. The lowest BCUT2D eigenvalue weighted by Gasteiger charge is -2.36. The molecule has 0 aliphatic rings. The van der Waals surface area contributed by atoms with Gasteiger partial charge in [0.05, 0.1) is 31.1 Å². The lowest BCUT2D eigenvalue weighted by atomic mass is 10.1. The molecule has 4 heterocycles. The van der Waals surface area contributed by atoms with E-state index in [-0.39, 0.29) is 0 Å². The average Bonchev–Trinajstić information content (AvgIpc) is 3.57. The topological polar surface area (TPSA) is 89.1 Å². The number of pyridine rings is 2. The van der Waals surface area contributed by atoms with Crippen LogP contribution in [0.25, 0.3) is 44.7 Å². The molecule has 0 radical (unpaired) electrons. The van der Waals surface area contributed by atoms with E-state index in [1.54, 1.807) is 6.20 Å². The van der Waals surface area contributed by atoms with E-state index < -0.39 is 24.2 Å². The second-order valence-corrected chi connectivity index (χ2v) is 34.6. The highest BCUT2D eigenvalue weighted by Crippen LogP contribution is 2.39. The summed E-state index contributed by atoms with van der Waals surface area (Å²) >= 11 is 0. The smallest absolute Gasteiger partial charge is 0.164 e. The normalized spacial score (nSPS) is 13.1. The summed E-state index contributed by atoms with van der Waals surface area (Å²) < 4.78 is 22.9. The minimum absolute atomic E-state index is 0.319. The molecule has 9 nitrogen and oxygen atoms in total. The number of ether oxygens (including phenoxy) is 3. The van der Waals surface area contributed by atoms with Gasteiger partial charge in [-0.1, -0.05) is 79.2 Å². The fourth-order valence-electron chi connectivity index (χ4n) is 5.38. The third-order valence-corrected chi connectivity index (χ3v) is 18.9. The Kier molecular flexibility index (Phi) is 11.6. The van der Waals surface area contributed by atoms with Gasteiger partial charge in [0.1, 0.15) is 24.9 Å². The number of rotatable bonds is 16. The first kappa shape index (κ1) is 38.1. The zero-order chi connectivity index (χ0) is 36.3. The maximum absolute atomic E-state index is 6.36. The summed E-state index contributed by atoms with van der Waals surface area (Å²) in [6.07, 6.45) is 5.53. The largest absolute Gasteiger partial charge is 0.494 e. The van der Waals surface area contributed by atoms with Gasteiger partial charge in [0.25, 0.3) is 0 Å². The Hall–Kier alpha value is -3.17. The molecule has 0 unspecified atom stereocenters. The highest BCUT2D eigenvalue weighted by molar-refractivity contribution is 6.80. The number of benzene rings is 1. The predicted molar refractivity (Wildman–Crippen MR) is 215 cm³/mol. The van der Waals surface area contributed by atoms with Gasteiger partial charge in [-0.15, -0.1) is 0 Å². The van der Waals surface area contributed by atoms with Gasteiger partial charge in [0.15, 0.2) is 11.5 Å². The quantitative estimate of drug-likeness (QED) is 0.0738. The predicted octanol–water partition coefficient (Wildman–Crippen LogP) is 10.0. The van der Waals surface area contributed by atoms with Crippen LogP contribution in [0.2, 0.25) is 75.5 Å². The molecule has 4 aromatic heterocycles. The van der Waals surface area contributed by atoms with E-state index in [0.29, 0.717) is 38.3 Å². The molecule has 12 heteroatoms. The van der Waals surface area contributed by atoms with E-state index >= 15 is 0 Å². The maximum atomic E-state index is 6.36.